The fourth-order valence-electron chi connectivity index (χ4n) is 2.73. The molecule has 9 heteroatoms. The van der Waals surface area contributed by atoms with Gasteiger partial charge in [-0.2, -0.15) is 0 Å². The summed E-state index contributed by atoms with van der Waals surface area (Å²) in [7, 11) is 3.17. The Hall–Kier alpha value is -1.41. The van der Waals surface area contributed by atoms with Gasteiger partial charge < -0.3 is 24.6 Å². The highest BCUT2D eigenvalue weighted by Gasteiger charge is 2.19. The van der Waals surface area contributed by atoms with Gasteiger partial charge in [0.2, 0.25) is 5.75 Å². The zero-order chi connectivity index (χ0) is 17.4. The van der Waals surface area contributed by atoms with Gasteiger partial charge in [-0.3, -0.25) is 9.69 Å². The lowest BCUT2D eigenvalue weighted by atomic mass is 10.1. The molecule has 0 aromatic heterocycles. The lowest BCUT2D eigenvalue weighted by Gasteiger charge is -2.28. The Morgan fingerprint density at radius 1 is 1.15 bits per heavy atom. The van der Waals surface area contributed by atoms with E-state index in [0.717, 1.165) is 38.3 Å². The highest BCUT2D eigenvalue weighted by molar-refractivity contribution is 5.85. The molecule has 1 aliphatic heterocycles. The lowest BCUT2D eigenvalue weighted by Crippen LogP contribution is -2.42. The van der Waals surface area contributed by atoms with Crippen molar-refractivity contribution in [3.05, 3.63) is 17.7 Å². The van der Waals surface area contributed by atoms with Crippen LogP contribution in [0.5, 0.6) is 17.2 Å². The smallest absolute Gasteiger partial charge is 0.303 e. The number of rotatable bonds is 9. The van der Waals surface area contributed by atoms with Gasteiger partial charge in [0, 0.05) is 44.7 Å². The molecule has 0 saturated carbocycles. The Labute approximate surface area is 166 Å². The van der Waals surface area contributed by atoms with Crippen LogP contribution in [0.2, 0.25) is 0 Å². The second-order valence-corrected chi connectivity index (χ2v) is 5.66. The maximum absolute atomic E-state index is 10.7. The number of aliphatic carboxylic acids is 1. The van der Waals surface area contributed by atoms with E-state index in [0.29, 0.717) is 30.3 Å². The molecule has 1 aliphatic rings. The molecule has 26 heavy (non-hydrogen) atoms. The minimum absolute atomic E-state index is 0. The Morgan fingerprint density at radius 3 is 2.42 bits per heavy atom. The topological polar surface area (TPSA) is 80.3 Å². The van der Waals surface area contributed by atoms with Crippen molar-refractivity contribution >= 4 is 30.8 Å². The van der Waals surface area contributed by atoms with Crippen LogP contribution in [0.1, 0.15) is 18.4 Å². The first kappa shape index (κ1) is 24.6. The number of ether oxygens (including phenoxy) is 3. The standard InChI is InChI=1S/C17H26N2O5.2ClH/c1-22-14-6-5-13(12-19-9-7-18-8-10-19)16(17(14)23-2)24-11-3-4-15(20)21;;/h5-6,18H,3-4,7-12H2,1-2H3,(H,20,21);2*1H. The van der Waals surface area contributed by atoms with Crippen LogP contribution >= 0.6 is 24.8 Å². The molecular formula is C17H28Cl2N2O5. The summed E-state index contributed by atoms with van der Waals surface area (Å²) in [5.74, 6) is 0.980. The van der Waals surface area contributed by atoms with Crippen molar-refractivity contribution in [3.8, 4) is 17.2 Å². The van der Waals surface area contributed by atoms with Crippen LogP contribution in [0.25, 0.3) is 0 Å². The van der Waals surface area contributed by atoms with Crippen molar-refractivity contribution in [3.63, 3.8) is 0 Å². The van der Waals surface area contributed by atoms with Crippen molar-refractivity contribution in [2.75, 3.05) is 47.0 Å². The van der Waals surface area contributed by atoms with Crippen LogP contribution < -0.4 is 19.5 Å². The van der Waals surface area contributed by atoms with Crippen molar-refractivity contribution in [2.24, 2.45) is 0 Å². The molecule has 0 aliphatic carbocycles. The Bertz CT molecular complexity index is 554. The summed E-state index contributed by atoms with van der Waals surface area (Å²) in [6.45, 7) is 4.99. The van der Waals surface area contributed by atoms with Crippen LogP contribution in [0, 0.1) is 0 Å². The minimum atomic E-state index is -0.822. The number of carboxylic acid groups (broad SMARTS) is 1. The van der Waals surface area contributed by atoms with Gasteiger partial charge >= 0.3 is 5.97 Å². The average molecular weight is 411 g/mol. The monoisotopic (exact) mass is 410 g/mol. The molecule has 2 N–H and O–H groups in total. The van der Waals surface area contributed by atoms with Crippen LogP contribution in [-0.2, 0) is 11.3 Å². The summed E-state index contributed by atoms with van der Waals surface area (Å²) in [4.78, 5) is 13.0. The second-order valence-electron chi connectivity index (χ2n) is 5.66. The highest BCUT2D eigenvalue weighted by Crippen LogP contribution is 2.40. The van der Waals surface area contributed by atoms with E-state index in [9.17, 15) is 4.79 Å². The van der Waals surface area contributed by atoms with E-state index in [2.05, 4.69) is 10.2 Å². The van der Waals surface area contributed by atoms with Crippen molar-refractivity contribution < 1.29 is 24.1 Å². The zero-order valence-electron chi connectivity index (χ0n) is 15.2. The predicted molar refractivity (Wildman–Crippen MR) is 105 cm³/mol. The van der Waals surface area contributed by atoms with Crippen LogP contribution in [0.3, 0.4) is 0 Å². The third-order valence-electron chi connectivity index (χ3n) is 3.97. The number of halogens is 2. The minimum Gasteiger partial charge on any atom is -0.493 e. The maximum atomic E-state index is 10.7. The summed E-state index contributed by atoms with van der Waals surface area (Å²) in [5, 5.41) is 12.1. The number of nitrogens with zero attached hydrogens (tertiary/aromatic N) is 1. The molecule has 2 rings (SSSR count). The molecule has 1 heterocycles. The first-order valence-electron chi connectivity index (χ1n) is 8.17. The first-order valence-corrected chi connectivity index (χ1v) is 8.17. The average Bonchev–Trinajstić information content (AvgIpc) is 2.59. The fraction of sp³-hybridized carbons (Fsp3) is 0.588. The third kappa shape index (κ3) is 7.07. The SMILES string of the molecule is COc1ccc(CN2CCNCC2)c(OCCCC(=O)O)c1OC.Cl.Cl. The van der Waals surface area contributed by atoms with Crippen molar-refractivity contribution in [1.29, 1.82) is 0 Å². The zero-order valence-corrected chi connectivity index (χ0v) is 16.8. The van der Waals surface area contributed by atoms with Crippen LogP contribution in [0.15, 0.2) is 12.1 Å². The van der Waals surface area contributed by atoms with Gasteiger partial charge in [-0.05, 0) is 12.5 Å². The van der Waals surface area contributed by atoms with Gasteiger partial charge in [0.15, 0.2) is 11.5 Å². The quantitative estimate of drug-likeness (QED) is 0.603. The molecule has 1 fully saturated rings. The van der Waals surface area contributed by atoms with E-state index in [1.165, 1.54) is 0 Å². The number of hydrogen-bond acceptors (Lipinski definition) is 6. The van der Waals surface area contributed by atoms with Gasteiger partial charge in [0.25, 0.3) is 0 Å². The van der Waals surface area contributed by atoms with Gasteiger partial charge in [0.05, 0.1) is 20.8 Å². The number of carboxylic acids is 1. The Balaban J connectivity index is 0.00000312. The molecule has 0 unspecified atom stereocenters. The fourth-order valence-corrected chi connectivity index (χ4v) is 2.73. The Morgan fingerprint density at radius 2 is 1.85 bits per heavy atom. The number of methoxy groups -OCH3 is 2. The van der Waals surface area contributed by atoms with E-state index >= 15 is 0 Å². The Kier molecular flexibility index (Phi) is 12.2. The van der Waals surface area contributed by atoms with Gasteiger partial charge in [-0.15, -0.1) is 24.8 Å². The number of nitrogens with one attached hydrogen (secondary N) is 1. The largest absolute Gasteiger partial charge is 0.493 e. The summed E-state index contributed by atoms with van der Waals surface area (Å²) in [6.07, 6.45) is 0.530. The molecule has 0 amide bonds. The maximum Gasteiger partial charge on any atom is 0.303 e. The normalized spacial score (nSPS) is 13.9. The second kappa shape index (κ2) is 12.9. The third-order valence-corrected chi connectivity index (χ3v) is 3.97. The molecule has 1 saturated heterocycles. The first-order chi connectivity index (χ1) is 11.7. The molecule has 0 spiro atoms. The van der Waals surface area contributed by atoms with Gasteiger partial charge in [-0.1, -0.05) is 6.07 Å². The van der Waals surface area contributed by atoms with Crippen molar-refractivity contribution in [2.45, 2.75) is 19.4 Å². The predicted octanol–water partition coefficient (Wildman–Crippen LogP) is 2.20. The van der Waals surface area contributed by atoms with Crippen molar-refractivity contribution in [1.82, 2.24) is 10.2 Å². The molecule has 7 nitrogen and oxygen atoms in total. The number of carbonyl (C=O) groups is 1. The van der Waals surface area contributed by atoms with E-state index in [1.807, 2.05) is 12.1 Å². The number of hydrogen-bond donors (Lipinski definition) is 2. The van der Waals surface area contributed by atoms with E-state index < -0.39 is 5.97 Å². The molecule has 0 bridgehead atoms. The summed E-state index contributed by atoms with van der Waals surface area (Å²) in [6, 6.07) is 3.86. The lowest BCUT2D eigenvalue weighted by molar-refractivity contribution is -0.137. The highest BCUT2D eigenvalue weighted by atomic mass is 35.5. The van der Waals surface area contributed by atoms with Gasteiger partial charge in [0.1, 0.15) is 0 Å². The molecule has 0 radical (unpaired) electrons. The molecular weight excluding hydrogens is 383 g/mol. The summed E-state index contributed by atoms with van der Waals surface area (Å²) >= 11 is 0. The van der Waals surface area contributed by atoms with E-state index in [4.69, 9.17) is 19.3 Å². The van der Waals surface area contributed by atoms with E-state index in [-0.39, 0.29) is 31.2 Å². The molecule has 150 valence electrons. The number of benzene rings is 1. The summed E-state index contributed by atoms with van der Waals surface area (Å²) in [5.41, 5.74) is 1.02. The molecule has 1 aromatic rings. The van der Waals surface area contributed by atoms with E-state index in [1.54, 1.807) is 14.2 Å². The molecule has 1 aromatic carbocycles. The van der Waals surface area contributed by atoms with Crippen LogP contribution in [-0.4, -0.2) is 63.0 Å². The molecule has 0 atom stereocenters. The van der Waals surface area contributed by atoms with Gasteiger partial charge in [-0.25, -0.2) is 0 Å². The summed E-state index contributed by atoms with van der Waals surface area (Å²) < 4.78 is 16.7. The van der Waals surface area contributed by atoms with Crippen LogP contribution in [0.4, 0.5) is 0 Å². The number of piperazine rings is 1.